The zero-order valence-corrected chi connectivity index (χ0v) is 14.4. The van der Waals surface area contributed by atoms with Crippen molar-refractivity contribution in [1.29, 1.82) is 0 Å². The van der Waals surface area contributed by atoms with Gasteiger partial charge in [-0.1, -0.05) is 44.9 Å². The molecule has 0 saturated heterocycles. The van der Waals surface area contributed by atoms with Gasteiger partial charge in [0, 0.05) is 17.9 Å². The summed E-state index contributed by atoms with van der Waals surface area (Å²) in [6.07, 6.45) is 10.6. The molecule has 3 aliphatic rings. The summed E-state index contributed by atoms with van der Waals surface area (Å²) < 4.78 is 0. The van der Waals surface area contributed by atoms with Crippen molar-refractivity contribution in [2.75, 3.05) is 6.61 Å². The van der Waals surface area contributed by atoms with Gasteiger partial charge in [-0.15, -0.1) is 6.58 Å². The van der Waals surface area contributed by atoms with Gasteiger partial charge in [0.05, 0.1) is 6.10 Å². The average molecular weight is 304 g/mol. The molecule has 2 N–H and O–H groups in total. The maximum absolute atomic E-state index is 11.0. The van der Waals surface area contributed by atoms with Crippen LogP contribution in [0.3, 0.4) is 0 Å². The van der Waals surface area contributed by atoms with Crippen molar-refractivity contribution in [3.05, 3.63) is 24.3 Å². The zero-order chi connectivity index (χ0) is 16.2. The van der Waals surface area contributed by atoms with E-state index in [1.807, 2.05) is 6.08 Å². The van der Waals surface area contributed by atoms with Crippen molar-refractivity contribution in [2.24, 2.45) is 28.1 Å². The summed E-state index contributed by atoms with van der Waals surface area (Å²) in [4.78, 5) is 0. The van der Waals surface area contributed by atoms with Crippen molar-refractivity contribution >= 4 is 0 Å². The lowest BCUT2D eigenvalue weighted by Gasteiger charge is -2.61. The van der Waals surface area contributed by atoms with E-state index in [0.29, 0.717) is 5.92 Å². The van der Waals surface area contributed by atoms with E-state index >= 15 is 0 Å². The molecule has 0 heterocycles. The van der Waals surface area contributed by atoms with Gasteiger partial charge in [0.15, 0.2) is 0 Å². The molecule has 0 radical (unpaired) electrons. The fraction of sp³-hybridized carbons (Fsp3) is 0.800. The summed E-state index contributed by atoms with van der Waals surface area (Å²) in [5.74, 6) is 0.786. The van der Waals surface area contributed by atoms with Crippen LogP contribution in [0.1, 0.15) is 59.3 Å². The Kier molecular flexibility index (Phi) is 3.85. The number of aliphatic hydroxyl groups excluding tert-OH is 2. The third kappa shape index (κ3) is 2.22. The molecular formula is C20H32O2. The first kappa shape index (κ1) is 16.3. The molecule has 0 amide bonds. The highest BCUT2D eigenvalue weighted by Crippen LogP contribution is 2.63. The van der Waals surface area contributed by atoms with E-state index in [9.17, 15) is 10.2 Å². The molecule has 6 atom stereocenters. The average Bonchev–Trinajstić information content (AvgIpc) is 2.46. The first-order chi connectivity index (χ1) is 10.3. The summed E-state index contributed by atoms with van der Waals surface area (Å²) in [7, 11) is 0. The van der Waals surface area contributed by atoms with Gasteiger partial charge in [-0.25, -0.2) is 0 Å². The van der Waals surface area contributed by atoms with E-state index in [-0.39, 0.29) is 34.9 Å². The molecule has 2 fully saturated rings. The fourth-order valence-corrected chi connectivity index (χ4v) is 6.19. The molecule has 2 nitrogen and oxygen atoms in total. The van der Waals surface area contributed by atoms with E-state index in [1.165, 1.54) is 18.4 Å². The summed E-state index contributed by atoms with van der Waals surface area (Å²) in [5, 5.41) is 21.0. The molecule has 2 saturated carbocycles. The van der Waals surface area contributed by atoms with Gasteiger partial charge in [0.1, 0.15) is 0 Å². The van der Waals surface area contributed by atoms with Crippen LogP contribution in [0.25, 0.3) is 0 Å². The van der Waals surface area contributed by atoms with Gasteiger partial charge >= 0.3 is 0 Å². The minimum Gasteiger partial charge on any atom is -0.396 e. The summed E-state index contributed by atoms with van der Waals surface area (Å²) in [6.45, 7) is 11.1. The molecule has 0 aromatic carbocycles. The largest absolute Gasteiger partial charge is 0.396 e. The standard InChI is InChI=1S/C20H32O2/c1-5-18(2)11-14-7-8-16-19(3,13-21)9-6-10-20(16,4)17(14)15(22)12-18/h5,11,15-17,21-22H,1,6-10,12-13H2,2-4H3/t15-,16+,17?,18-,19+,20+/m1/s1. The minimum absolute atomic E-state index is 0.0252. The highest BCUT2D eigenvalue weighted by atomic mass is 16.3. The first-order valence-electron chi connectivity index (χ1n) is 8.92. The molecule has 3 rings (SSSR count). The van der Waals surface area contributed by atoms with E-state index in [4.69, 9.17) is 0 Å². The number of rotatable bonds is 2. The lowest BCUT2D eigenvalue weighted by Crippen LogP contribution is -2.56. The number of aliphatic hydroxyl groups is 2. The number of fused-ring (bicyclic) bond motifs is 3. The summed E-state index contributed by atoms with van der Waals surface area (Å²) in [6, 6.07) is 0. The lowest BCUT2D eigenvalue weighted by atomic mass is 9.45. The maximum Gasteiger partial charge on any atom is 0.0622 e. The second kappa shape index (κ2) is 5.21. The van der Waals surface area contributed by atoms with Gasteiger partial charge in [-0.3, -0.25) is 0 Å². The summed E-state index contributed by atoms with van der Waals surface area (Å²) >= 11 is 0. The Morgan fingerprint density at radius 2 is 2.05 bits per heavy atom. The molecule has 22 heavy (non-hydrogen) atoms. The van der Waals surface area contributed by atoms with Crippen molar-refractivity contribution in [3.8, 4) is 0 Å². The molecule has 2 heteroatoms. The zero-order valence-electron chi connectivity index (χ0n) is 14.4. The smallest absolute Gasteiger partial charge is 0.0622 e. The highest BCUT2D eigenvalue weighted by molar-refractivity contribution is 5.28. The van der Waals surface area contributed by atoms with Crippen LogP contribution in [0.2, 0.25) is 0 Å². The Hall–Kier alpha value is -0.600. The van der Waals surface area contributed by atoms with Gasteiger partial charge < -0.3 is 10.2 Å². The molecule has 1 unspecified atom stereocenters. The van der Waals surface area contributed by atoms with Crippen molar-refractivity contribution in [3.63, 3.8) is 0 Å². The van der Waals surface area contributed by atoms with Crippen molar-refractivity contribution in [2.45, 2.75) is 65.4 Å². The van der Waals surface area contributed by atoms with Crippen molar-refractivity contribution < 1.29 is 10.2 Å². The normalized spacial score (nSPS) is 51.5. The van der Waals surface area contributed by atoms with Crippen LogP contribution in [0, 0.1) is 28.1 Å². The van der Waals surface area contributed by atoms with Crippen LogP contribution in [-0.2, 0) is 0 Å². The molecular weight excluding hydrogens is 272 g/mol. The number of allylic oxidation sites excluding steroid dienone is 2. The van der Waals surface area contributed by atoms with Gasteiger partial charge in [0.25, 0.3) is 0 Å². The van der Waals surface area contributed by atoms with E-state index < -0.39 is 0 Å². The van der Waals surface area contributed by atoms with E-state index in [0.717, 1.165) is 25.7 Å². The lowest BCUT2D eigenvalue weighted by molar-refractivity contribution is -0.118. The van der Waals surface area contributed by atoms with Gasteiger partial charge in [-0.2, -0.15) is 0 Å². The van der Waals surface area contributed by atoms with Crippen LogP contribution in [0.15, 0.2) is 24.3 Å². The number of hydrogen-bond acceptors (Lipinski definition) is 2. The fourth-order valence-electron chi connectivity index (χ4n) is 6.19. The molecule has 0 spiro atoms. The first-order valence-corrected chi connectivity index (χ1v) is 8.92. The highest BCUT2D eigenvalue weighted by Gasteiger charge is 2.57. The van der Waals surface area contributed by atoms with Crippen molar-refractivity contribution in [1.82, 2.24) is 0 Å². The SMILES string of the molecule is C=C[C@]1(C)C=C2CC[C@H]3[C@](C)(CO)CCC[C@]3(C)C2[C@H](O)C1. The molecule has 124 valence electrons. The Balaban J connectivity index is 2.02. The Labute approximate surface area is 135 Å². The molecule has 0 aromatic heterocycles. The van der Waals surface area contributed by atoms with Crippen LogP contribution < -0.4 is 0 Å². The minimum atomic E-state index is -0.281. The van der Waals surface area contributed by atoms with Gasteiger partial charge in [-0.05, 0) is 48.9 Å². The van der Waals surface area contributed by atoms with Gasteiger partial charge in [0.2, 0.25) is 0 Å². The predicted octanol–water partition coefficient (Wildman–Crippen LogP) is 4.08. The molecule has 0 aromatic rings. The van der Waals surface area contributed by atoms with Crippen LogP contribution >= 0.6 is 0 Å². The molecule has 3 aliphatic carbocycles. The predicted molar refractivity (Wildman–Crippen MR) is 90.4 cm³/mol. The van der Waals surface area contributed by atoms with Crippen LogP contribution in [-0.4, -0.2) is 22.9 Å². The quantitative estimate of drug-likeness (QED) is 0.755. The third-order valence-corrected chi connectivity index (χ3v) is 7.31. The molecule has 0 aliphatic heterocycles. The second-order valence-electron chi connectivity index (χ2n) is 8.94. The Morgan fingerprint density at radius 3 is 2.68 bits per heavy atom. The Bertz CT molecular complexity index is 496. The Morgan fingerprint density at radius 1 is 1.32 bits per heavy atom. The maximum atomic E-state index is 11.0. The van der Waals surface area contributed by atoms with Crippen LogP contribution in [0.5, 0.6) is 0 Å². The molecule has 0 bridgehead atoms. The third-order valence-electron chi connectivity index (χ3n) is 7.31. The summed E-state index contributed by atoms with van der Waals surface area (Å²) in [5.41, 5.74) is 1.53. The monoisotopic (exact) mass is 304 g/mol. The van der Waals surface area contributed by atoms with E-state index in [1.54, 1.807) is 0 Å². The van der Waals surface area contributed by atoms with E-state index in [2.05, 4.69) is 33.4 Å². The topological polar surface area (TPSA) is 40.5 Å². The number of hydrogen-bond donors (Lipinski definition) is 2. The second-order valence-corrected chi connectivity index (χ2v) is 8.94. The van der Waals surface area contributed by atoms with Crippen LogP contribution in [0.4, 0.5) is 0 Å².